The lowest BCUT2D eigenvalue weighted by Crippen LogP contribution is -2.28. The van der Waals surface area contributed by atoms with Gasteiger partial charge in [0, 0.05) is 0 Å². The van der Waals surface area contributed by atoms with Gasteiger partial charge in [-0.15, -0.1) is 0 Å². The summed E-state index contributed by atoms with van der Waals surface area (Å²) < 4.78 is 46.8. The van der Waals surface area contributed by atoms with Gasteiger partial charge in [0.05, 0.1) is 27.9 Å². The van der Waals surface area contributed by atoms with Gasteiger partial charge < -0.3 is 18.9 Å². The summed E-state index contributed by atoms with van der Waals surface area (Å²) in [7, 11) is 4.26. The molecule has 22 heavy (non-hydrogen) atoms. The van der Waals surface area contributed by atoms with Crippen molar-refractivity contribution in [3.8, 4) is 17.2 Å². The smallest absolute Gasteiger partial charge is 0.381 e. The summed E-state index contributed by atoms with van der Waals surface area (Å²) in [6.45, 7) is 1.34. The normalized spacial score (nSPS) is 11.4. The van der Waals surface area contributed by atoms with Crippen molar-refractivity contribution in [3.05, 3.63) is 23.8 Å². The minimum Gasteiger partial charge on any atom is -0.493 e. The molecule has 0 saturated carbocycles. The van der Waals surface area contributed by atoms with Crippen molar-refractivity contribution in [2.24, 2.45) is 0 Å². The number of carbonyl (C=O) groups is 1. The summed E-state index contributed by atoms with van der Waals surface area (Å²) in [5, 5.41) is 0. The zero-order valence-corrected chi connectivity index (χ0v) is 12.8. The van der Waals surface area contributed by atoms with Crippen LogP contribution in [0.3, 0.4) is 0 Å². The van der Waals surface area contributed by atoms with Crippen molar-refractivity contribution in [2.45, 2.75) is 12.8 Å². The Labute approximate surface area is 127 Å². The molecule has 0 bridgehead atoms. The average molecular weight is 316 g/mol. The van der Waals surface area contributed by atoms with Crippen LogP contribution in [0, 0.1) is 0 Å². The molecule has 0 unspecified atom stereocenters. The Morgan fingerprint density at radius 1 is 1.14 bits per heavy atom. The van der Waals surface area contributed by atoms with Crippen molar-refractivity contribution in [2.75, 3.05) is 27.9 Å². The fourth-order valence-electron chi connectivity index (χ4n) is 1.69. The topological polar surface area (TPSA) is 54.0 Å². The number of hydrogen-bond acceptors (Lipinski definition) is 5. The number of methoxy groups -OCH3 is 3. The quantitative estimate of drug-likeness (QED) is 0.724. The van der Waals surface area contributed by atoms with Gasteiger partial charge in [-0.25, -0.2) is 4.79 Å². The van der Waals surface area contributed by atoms with Crippen LogP contribution in [-0.4, -0.2) is 39.8 Å². The average Bonchev–Trinajstić information content (AvgIpc) is 2.51. The molecule has 0 fully saturated rings. The number of halogens is 2. The lowest BCUT2D eigenvalue weighted by Gasteiger charge is -2.13. The van der Waals surface area contributed by atoms with Gasteiger partial charge in [-0.05, 0) is 30.7 Å². The summed E-state index contributed by atoms with van der Waals surface area (Å²) in [6.07, 6.45) is 1.55. The molecule has 0 heterocycles. The maximum absolute atomic E-state index is 13.6. The molecule has 0 aliphatic carbocycles. The highest BCUT2D eigenvalue weighted by atomic mass is 19.3. The molecule has 5 nitrogen and oxygen atoms in total. The Kier molecular flexibility index (Phi) is 6.15. The molecule has 0 radical (unpaired) electrons. The minimum absolute atomic E-state index is 0.119. The maximum Gasteiger partial charge on any atom is 0.381 e. The molecule has 1 aromatic carbocycles. The van der Waals surface area contributed by atoms with Crippen LogP contribution in [0.5, 0.6) is 17.2 Å². The number of ether oxygens (including phenoxy) is 4. The molecule has 0 spiro atoms. The predicted octanol–water partition coefficient (Wildman–Crippen LogP) is 2.92. The molecule has 0 atom stereocenters. The maximum atomic E-state index is 13.6. The Morgan fingerprint density at radius 2 is 1.68 bits per heavy atom. The largest absolute Gasteiger partial charge is 0.493 e. The van der Waals surface area contributed by atoms with Crippen molar-refractivity contribution in [1.82, 2.24) is 0 Å². The molecule has 1 aromatic rings. The molecule has 0 amide bonds. The van der Waals surface area contributed by atoms with Gasteiger partial charge in [-0.3, -0.25) is 0 Å². The van der Waals surface area contributed by atoms with E-state index < -0.39 is 11.9 Å². The van der Waals surface area contributed by atoms with E-state index in [2.05, 4.69) is 4.74 Å². The second-order valence-electron chi connectivity index (χ2n) is 4.14. The highest BCUT2D eigenvalue weighted by Gasteiger charge is 2.37. The first-order valence-corrected chi connectivity index (χ1v) is 6.43. The fraction of sp³-hybridized carbons (Fsp3) is 0.400. The van der Waals surface area contributed by atoms with Crippen molar-refractivity contribution < 1.29 is 32.5 Å². The van der Waals surface area contributed by atoms with E-state index in [0.29, 0.717) is 28.9 Å². The zero-order valence-electron chi connectivity index (χ0n) is 12.8. The van der Waals surface area contributed by atoms with Crippen LogP contribution in [0.1, 0.15) is 12.5 Å². The Morgan fingerprint density at radius 3 is 2.09 bits per heavy atom. The minimum atomic E-state index is -3.71. The van der Waals surface area contributed by atoms with E-state index in [1.165, 1.54) is 40.4 Å². The Hall–Kier alpha value is -2.31. The van der Waals surface area contributed by atoms with E-state index >= 15 is 0 Å². The SMILES string of the molecule is CCOC(=O)C(F)(F)/C=C/c1cc(OC)c(OC)c(OC)c1. The molecular weight excluding hydrogens is 298 g/mol. The first kappa shape index (κ1) is 17.7. The van der Waals surface area contributed by atoms with Gasteiger partial charge in [0.2, 0.25) is 5.75 Å². The van der Waals surface area contributed by atoms with Crippen molar-refractivity contribution in [3.63, 3.8) is 0 Å². The van der Waals surface area contributed by atoms with E-state index in [9.17, 15) is 13.6 Å². The van der Waals surface area contributed by atoms with Crippen LogP contribution in [-0.2, 0) is 9.53 Å². The second-order valence-corrected chi connectivity index (χ2v) is 4.14. The van der Waals surface area contributed by atoms with Crippen LogP contribution in [0.25, 0.3) is 6.08 Å². The molecule has 1 rings (SSSR count). The summed E-state index contributed by atoms with van der Waals surface area (Å²) in [4.78, 5) is 11.1. The number of alkyl halides is 2. The van der Waals surface area contributed by atoms with E-state index in [1.54, 1.807) is 0 Å². The van der Waals surface area contributed by atoms with E-state index in [0.717, 1.165) is 6.08 Å². The molecule has 0 aromatic heterocycles. The van der Waals surface area contributed by atoms with E-state index in [4.69, 9.17) is 14.2 Å². The molecule has 7 heteroatoms. The van der Waals surface area contributed by atoms with Crippen LogP contribution in [0.4, 0.5) is 8.78 Å². The van der Waals surface area contributed by atoms with Gasteiger partial charge in [0.1, 0.15) is 0 Å². The number of benzene rings is 1. The zero-order chi connectivity index (χ0) is 16.8. The lowest BCUT2D eigenvalue weighted by molar-refractivity contribution is -0.164. The third kappa shape index (κ3) is 4.09. The van der Waals surface area contributed by atoms with Crippen LogP contribution >= 0.6 is 0 Å². The molecular formula is C15H18F2O5. The summed E-state index contributed by atoms with van der Waals surface area (Å²) in [5.41, 5.74) is 0.360. The van der Waals surface area contributed by atoms with Crippen molar-refractivity contribution in [1.29, 1.82) is 0 Å². The number of carbonyl (C=O) groups excluding carboxylic acids is 1. The van der Waals surface area contributed by atoms with Gasteiger partial charge in [-0.1, -0.05) is 6.08 Å². The van der Waals surface area contributed by atoms with Gasteiger partial charge in [-0.2, -0.15) is 8.78 Å². The van der Waals surface area contributed by atoms with Gasteiger partial charge in [0.25, 0.3) is 0 Å². The van der Waals surface area contributed by atoms with E-state index in [-0.39, 0.29) is 6.61 Å². The fourth-order valence-corrected chi connectivity index (χ4v) is 1.69. The third-order valence-corrected chi connectivity index (χ3v) is 2.72. The number of hydrogen-bond donors (Lipinski definition) is 0. The first-order chi connectivity index (χ1) is 10.4. The van der Waals surface area contributed by atoms with Crippen LogP contribution in [0.15, 0.2) is 18.2 Å². The molecule has 0 saturated heterocycles. The molecule has 122 valence electrons. The lowest BCUT2D eigenvalue weighted by atomic mass is 10.1. The molecule has 0 aliphatic heterocycles. The summed E-state index contributed by atoms with van der Waals surface area (Å²) >= 11 is 0. The monoisotopic (exact) mass is 316 g/mol. The Balaban J connectivity index is 3.12. The van der Waals surface area contributed by atoms with Crippen LogP contribution < -0.4 is 14.2 Å². The van der Waals surface area contributed by atoms with Crippen LogP contribution in [0.2, 0.25) is 0 Å². The number of esters is 1. The third-order valence-electron chi connectivity index (χ3n) is 2.72. The summed E-state index contributed by atoms with van der Waals surface area (Å²) in [5.74, 6) is -4.32. The second kappa shape index (κ2) is 7.63. The molecule has 0 aliphatic rings. The van der Waals surface area contributed by atoms with Gasteiger partial charge >= 0.3 is 11.9 Å². The summed E-state index contributed by atoms with van der Waals surface area (Å²) in [6, 6.07) is 2.97. The molecule has 0 N–H and O–H groups in total. The van der Waals surface area contributed by atoms with Gasteiger partial charge in [0.15, 0.2) is 11.5 Å². The van der Waals surface area contributed by atoms with Crippen molar-refractivity contribution >= 4 is 12.0 Å². The highest BCUT2D eigenvalue weighted by molar-refractivity contribution is 5.81. The Bertz CT molecular complexity index is 530. The van der Waals surface area contributed by atoms with E-state index in [1.807, 2.05) is 0 Å². The first-order valence-electron chi connectivity index (χ1n) is 6.43. The highest BCUT2D eigenvalue weighted by Crippen LogP contribution is 2.38. The standard InChI is InChI=1S/C15H18F2O5/c1-5-22-14(18)15(16,17)7-6-10-8-11(19-2)13(21-4)12(9-10)20-3/h6-9H,5H2,1-4H3/b7-6+. The number of rotatable bonds is 7. The predicted molar refractivity (Wildman–Crippen MR) is 76.7 cm³/mol.